The van der Waals surface area contributed by atoms with Gasteiger partial charge in [-0.15, -0.1) is 0 Å². The zero-order chi connectivity index (χ0) is 13.7. The van der Waals surface area contributed by atoms with E-state index >= 15 is 0 Å². The highest BCUT2D eigenvalue weighted by molar-refractivity contribution is 5.76. The second kappa shape index (κ2) is 6.58. The Balaban J connectivity index is 2.46. The van der Waals surface area contributed by atoms with Crippen LogP contribution in [0.25, 0.3) is 0 Å². The van der Waals surface area contributed by atoms with Crippen molar-refractivity contribution in [3.05, 3.63) is 0 Å². The smallest absolute Gasteiger partial charge is 0.317 e. The van der Waals surface area contributed by atoms with Crippen LogP contribution in [-0.2, 0) is 4.79 Å². The molecule has 104 valence electrons. The Morgan fingerprint density at radius 2 is 2.17 bits per heavy atom. The van der Waals surface area contributed by atoms with Crippen LogP contribution in [0.2, 0.25) is 0 Å². The second-order valence-electron chi connectivity index (χ2n) is 4.93. The fourth-order valence-corrected chi connectivity index (χ4v) is 2.01. The molecule has 0 aromatic rings. The summed E-state index contributed by atoms with van der Waals surface area (Å²) in [4.78, 5) is 24.1. The van der Waals surface area contributed by atoms with Crippen LogP contribution in [-0.4, -0.2) is 52.3 Å². The highest BCUT2D eigenvalue weighted by Gasteiger charge is 2.28. The third-order valence-corrected chi connectivity index (χ3v) is 3.45. The summed E-state index contributed by atoms with van der Waals surface area (Å²) in [6.07, 6.45) is 0.772. The molecule has 1 heterocycles. The summed E-state index contributed by atoms with van der Waals surface area (Å²) in [5.74, 6) is -0.718. The van der Waals surface area contributed by atoms with Crippen molar-refractivity contribution in [3.63, 3.8) is 0 Å². The largest absolute Gasteiger partial charge is 0.481 e. The maximum absolute atomic E-state index is 11.9. The maximum Gasteiger partial charge on any atom is 0.317 e. The average Bonchev–Trinajstić information content (AvgIpc) is 2.31. The standard InChI is InChI=1S/C12H22N2O4/c1-3-9(6-11(16)17)13-12(18)14-5-4-8(2)10(15)7-14/h8-10,15H,3-7H2,1-2H3,(H,13,18)(H,16,17). The molecule has 0 aromatic carbocycles. The van der Waals surface area contributed by atoms with Crippen molar-refractivity contribution in [1.29, 1.82) is 0 Å². The number of carboxylic acids is 1. The van der Waals surface area contributed by atoms with Gasteiger partial charge in [0, 0.05) is 19.1 Å². The Morgan fingerprint density at radius 1 is 1.50 bits per heavy atom. The van der Waals surface area contributed by atoms with E-state index in [9.17, 15) is 14.7 Å². The molecular weight excluding hydrogens is 236 g/mol. The van der Waals surface area contributed by atoms with E-state index in [1.807, 2.05) is 13.8 Å². The number of amides is 2. The number of urea groups is 1. The van der Waals surface area contributed by atoms with Gasteiger partial charge in [-0.1, -0.05) is 13.8 Å². The number of carbonyl (C=O) groups excluding carboxylic acids is 1. The normalized spacial score (nSPS) is 25.6. The number of hydrogen-bond donors (Lipinski definition) is 3. The van der Waals surface area contributed by atoms with Crippen LogP contribution in [0, 0.1) is 5.92 Å². The average molecular weight is 258 g/mol. The van der Waals surface area contributed by atoms with Crippen LogP contribution in [0.4, 0.5) is 4.79 Å². The van der Waals surface area contributed by atoms with Gasteiger partial charge >= 0.3 is 12.0 Å². The fourth-order valence-electron chi connectivity index (χ4n) is 2.01. The van der Waals surface area contributed by atoms with Gasteiger partial charge in [-0.25, -0.2) is 4.79 Å². The molecule has 1 rings (SSSR count). The number of likely N-dealkylation sites (tertiary alicyclic amines) is 1. The Hall–Kier alpha value is -1.30. The van der Waals surface area contributed by atoms with Crippen LogP contribution in [0.5, 0.6) is 0 Å². The zero-order valence-electron chi connectivity index (χ0n) is 10.9. The number of aliphatic hydroxyl groups excluding tert-OH is 1. The minimum absolute atomic E-state index is 0.0744. The molecule has 3 N–H and O–H groups in total. The number of piperidine rings is 1. The minimum Gasteiger partial charge on any atom is -0.481 e. The van der Waals surface area contributed by atoms with E-state index in [0.29, 0.717) is 19.5 Å². The van der Waals surface area contributed by atoms with E-state index in [4.69, 9.17) is 5.11 Å². The van der Waals surface area contributed by atoms with Crippen LogP contribution < -0.4 is 5.32 Å². The number of nitrogens with zero attached hydrogens (tertiary/aromatic N) is 1. The summed E-state index contributed by atoms with van der Waals surface area (Å²) in [6, 6.07) is -0.638. The van der Waals surface area contributed by atoms with Gasteiger partial charge in [0.1, 0.15) is 0 Å². The molecule has 0 saturated carbocycles. The van der Waals surface area contributed by atoms with Gasteiger partial charge in [-0.3, -0.25) is 4.79 Å². The predicted octanol–water partition coefficient (Wildman–Crippen LogP) is 0.652. The lowest BCUT2D eigenvalue weighted by molar-refractivity contribution is -0.137. The van der Waals surface area contributed by atoms with E-state index in [-0.39, 0.29) is 24.4 Å². The predicted molar refractivity (Wildman–Crippen MR) is 66.2 cm³/mol. The van der Waals surface area contributed by atoms with Gasteiger partial charge in [0.05, 0.1) is 12.5 Å². The van der Waals surface area contributed by atoms with Crippen molar-refractivity contribution in [1.82, 2.24) is 10.2 Å². The summed E-state index contributed by atoms with van der Waals surface area (Å²) < 4.78 is 0. The van der Waals surface area contributed by atoms with Crippen molar-refractivity contribution in [2.24, 2.45) is 5.92 Å². The van der Waals surface area contributed by atoms with E-state index in [2.05, 4.69) is 5.32 Å². The first-order chi connectivity index (χ1) is 8.43. The third kappa shape index (κ3) is 4.18. The van der Waals surface area contributed by atoms with Crippen LogP contribution in [0.15, 0.2) is 0 Å². The molecule has 18 heavy (non-hydrogen) atoms. The molecule has 1 aliphatic rings. The Kier molecular flexibility index (Phi) is 5.40. The van der Waals surface area contributed by atoms with Crippen molar-refractivity contribution in [2.45, 2.75) is 45.3 Å². The lowest BCUT2D eigenvalue weighted by Crippen LogP contribution is -2.52. The summed E-state index contributed by atoms with van der Waals surface area (Å²) in [5, 5.41) is 21.1. The molecule has 0 spiro atoms. The number of carboxylic acid groups (broad SMARTS) is 1. The Labute approximate surface area is 107 Å². The van der Waals surface area contributed by atoms with Crippen molar-refractivity contribution < 1.29 is 19.8 Å². The van der Waals surface area contributed by atoms with Crippen LogP contribution in [0.1, 0.15) is 33.1 Å². The molecule has 0 radical (unpaired) electrons. The maximum atomic E-state index is 11.9. The number of nitrogens with one attached hydrogen (secondary N) is 1. The lowest BCUT2D eigenvalue weighted by Gasteiger charge is -2.35. The fraction of sp³-hybridized carbons (Fsp3) is 0.833. The lowest BCUT2D eigenvalue weighted by atomic mass is 9.96. The third-order valence-electron chi connectivity index (χ3n) is 3.45. The zero-order valence-corrected chi connectivity index (χ0v) is 10.9. The molecule has 0 bridgehead atoms. The summed E-state index contributed by atoms with van der Waals surface area (Å²) >= 11 is 0. The topological polar surface area (TPSA) is 89.9 Å². The van der Waals surface area contributed by atoms with E-state index in [0.717, 1.165) is 6.42 Å². The van der Waals surface area contributed by atoms with Crippen LogP contribution in [0.3, 0.4) is 0 Å². The molecule has 3 unspecified atom stereocenters. The monoisotopic (exact) mass is 258 g/mol. The number of rotatable bonds is 4. The van der Waals surface area contributed by atoms with E-state index < -0.39 is 12.1 Å². The molecule has 1 saturated heterocycles. The van der Waals surface area contributed by atoms with Gasteiger partial charge < -0.3 is 20.4 Å². The highest BCUT2D eigenvalue weighted by atomic mass is 16.4. The van der Waals surface area contributed by atoms with Crippen molar-refractivity contribution in [2.75, 3.05) is 13.1 Å². The molecule has 0 aromatic heterocycles. The number of β-amino-alcohol motifs (C(OH)–C–C–N with tert-alkyl or cyclic N) is 1. The van der Waals surface area contributed by atoms with Crippen molar-refractivity contribution in [3.8, 4) is 0 Å². The second-order valence-corrected chi connectivity index (χ2v) is 4.93. The van der Waals surface area contributed by atoms with Gasteiger partial charge in [0.2, 0.25) is 0 Å². The summed E-state index contributed by atoms with van der Waals surface area (Å²) in [5.41, 5.74) is 0. The van der Waals surface area contributed by atoms with Crippen molar-refractivity contribution >= 4 is 12.0 Å². The number of hydrogen-bond acceptors (Lipinski definition) is 3. The van der Waals surface area contributed by atoms with E-state index in [1.165, 1.54) is 0 Å². The molecule has 0 aliphatic carbocycles. The van der Waals surface area contributed by atoms with Crippen LogP contribution >= 0.6 is 0 Å². The van der Waals surface area contributed by atoms with Gasteiger partial charge in [0.25, 0.3) is 0 Å². The Morgan fingerprint density at radius 3 is 2.67 bits per heavy atom. The SMILES string of the molecule is CCC(CC(=O)O)NC(=O)N1CCC(C)C(O)C1. The first-order valence-electron chi connectivity index (χ1n) is 6.39. The number of aliphatic carboxylic acids is 1. The molecule has 6 heteroatoms. The molecular formula is C12H22N2O4. The highest BCUT2D eigenvalue weighted by Crippen LogP contribution is 2.17. The molecule has 3 atom stereocenters. The molecule has 6 nitrogen and oxygen atoms in total. The molecule has 2 amide bonds. The number of carbonyl (C=O) groups is 2. The van der Waals surface area contributed by atoms with Gasteiger partial charge in [-0.2, -0.15) is 0 Å². The molecule has 1 fully saturated rings. The molecule has 1 aliphatic heterocycles. The minimum atomic E-state index is -0.922. The summed E-state index contributed by atoms with van der Waals surface area (Å²) in [6.45, 7) is 4.71. The van der Waals surface area contributed by atoms with Gasteiger partial charge in [0.15, 0.2) is 0 Å². The number of aliphatic hydroxyl groups is 1. The Bertz CT molecular complexity index is 308. The van der Waals surface area contributed by atoms with E-state index in [1.54, 1.807) is 4.90 Å². The van der Waals surface area contributed by atoms with Gasteiger partial charge in [-0.05, 0) is 18.8 Å². The first kappa shape index (κ1) is 14.8. The first-order valence-corrected chi connectivity index (χ1v) is 6.39. The quantitative estimate of drug-likeness (QED) is 0.690. The summed E-state index contributed by atoms with van der Waals surface area (Å²) in [7, 11) is 0.